The summed E-state index contributed by atoms with van der Waals surface area (Å²) in [4.78, 5) is 21.3. The van der Waals surface area contributed by atoms with Crippen molar-refractivity contribution < 1.29 is 13.2 Å². The average Bonchev–Trinajstić information content (AvgIpc) is 2.82. The van der Waals surface area contributed by atoms with Crippen LogP contribution in [-0.2, 0) is 14.8 Å². The first-order valence-electron chi connectivity index (χ1n) is 11.1. The highest BCUT2D eigenvalue weighted by Crippen LogP contribution is 2.25. The number of nitrogens with zero attached hydrogens (tertiary/aromatic N) is 4. The number of allylic oxidation sites excluding steroid dienone is 1. The van der Waals surface area contributed by atoms with Crippen LogP contribution in [0.1, 0.15) is 25.3 Å². The van der Waals surface area contributed by atoms with Crippen molar-refractivity contribution in [3.8, 4) is 0 Å². The number of benzene rings is 1. The molecule has 3 heterocycles. The monoisotopic (exact) mass is 454 g/mol. The van der Waals surface area contributed by atoms with E-state index in [1.54, 1.807) is 24.3 Å². The molecule has 8 heteroatoms. The van der Waals surface area contributed by atoms with E-state index in [1.165, 1.54) is 9.99 Å². The maximum Gasteiger partial charge on any atom is 0.243 e. The number of hydrogen-bond donors (Lipinski definition) is 0. The van der Waals surface area contributed by atoms with E-state index in [0.29, 0.717) is 25.6 Å². The second kappa shape index (κ2) is 9.83. The summed E-state index contributed by atoms with van der Waals surface area (Å²) in [6.45, 7) is 5.23. The smallest absolute Gasteiger partial charge is 0.243 e. The molecule has 0 atom stereocenters. The van der Waals surface area contributed by atoms with E-state index >= 15 is 0 Å². The van der Waals surface area contributed by atoms with Crippen LogP contribution in [0.4, 0.5) is 5.69 Å². The van der Waals surface area contributed by atoms with Gasteiger partial charge in [0.1, 0.15) is 0 Å². The Morgan fingerprint density at radius 1 is 1.00 bits per heavy atom. The minimum absolute atomic E-state index is 0.0885. The molecule has 0 radical (unpaired) electrons. The van der Waals surface area contributed by atoms with Crippen molar-refractivity contribution in [3.63, 3.8) is 0 Å². The molecular weight excluding hydrogens is 424 g/mol. The number of pyridine rings is 1. The van der Waals surface area contributed by atoms with Crippen molar-refractivity contribution in [1.29, 1.82) is 0 Å². The van der Waals surface area contributed by atoms with Crippen LogP contribution in [0.5, 0.6) is 0 Å². The highest BCUT2D eigenvalue weighted by Gasteiger charge is 2.34. The quantitative estimate of drug-likeness (QED) is 0.671. The molecule has 170 valence electrons. The van der Waals surface area contributed by atoms with Crippen LogP contribution < -0.4 is 4.90 Å². The third-order valence-electron chi connectivity index (χ3n) is 6.28. The van der Waals surface area contributed by atoms with Gasteiger partial charge in [-0.2, -0.15) is 4.31 Å². The Hall–Kier alpha value is -2.71. The zero-order chi connectivity index (χ0) is 22.6. The summed E-state index contributed by atoms with van der Waals surface area (Å²) in [6, 6.07) is 10.8. The Balaban J connectivity index is 1.31. The molecule has 0 N–H and O–H groups in total. The van der Waals surface area contributed by atoms with Gasteiger partial charge in [-0.05, 0) is 55.5 Å². The summed E-state index contributed by atoms with van der Waals surface area (Å²) >= 11 is 0. The lowest BCUT2D eigenvalue weighted by molar-refractivity contribution is -0.134. The van der Waals surface area contributed by atoms with Crippen LogP contribution in [0.2, 0.25) is 0 Å². The van der Waals surface area contributed by atoms with Gasteiger partial charge in [-0.25, -0.2) is 8.42 Å². The van der Waals surface area contributed by atoms with Gasteiger partial charge >= 0.3 is 0 Å². The van der Waals surface area contributed by atoms with Gasteiger partial charge in [0, 0.05) is 50.8 Å². The van der Waals surface area contributed by atoms with E-state index in [2.05, 4.69) is 9.88 Å². The molecule has 1 aromatic carbocycles. The summed E-state index contributed by atoms with van der Waals surface area (Å²) in [7, 11) is -3.67. The number of piperazine rings is 1. The third-order valence-corrected chi connectivity index (χ3v) is 8.14. The van der Waals surface area contributed by atoms with Gasteiger partial charge < -0.3 is 9.80 Å². The number of sulfonamides is 1. The van der Waals surface area contributed by atoms with Crippen LogP contribution in [0.15, 0.2) is 59.8 Å². The predicted molar refractivity (Wildman–Crippen MR) is 126 cm³/mol. The molecule has 0 saturated carbocycles. The predicted octanol–water partition coefficient (Wildman–Crippen LogP) is 2.86. The molecule has 0 spiro atoms. The lowest BCUT2D eigenvalue weighted by atomic mass is 9.95. The van der Waals surface area contributed by atoms with Crippen molar-refractivity contribution in [1.82, 2.24) is 14.2 Å². The van der Waals surface area contributed by atoms with Crippen LogP contribution in [0.25, 0.3) is 6.08 Å². The number of piperidine rings is 1. The Bertz CT molecular complexity index is 1050. The van der Waals surface area contributed by atoms with Crippen LogP contribution >= 0.6 is 0 Å². The zero-order valence-electron chi connectivity index (χ0n) is 18.4. The maximum absolute atomic E-state index is 13.0. The number of carbonyl (C=O) groups excluding carboxylic acids is 1. The summed E-state index contributed by atoms with van der Waals surface area (Å²) in [6.07, 6.45) is 9.48. The van der Waals surface area contributed by atoms with E-state index in [0.717, 1.165) is 31.5 Å². The lowest BCUT2D eigenvalue weighted by Gasteiger charge is -2.38. The molecule has 1 aromatic heterocycles. The van der Waals surface area contributed by atoms with E-state index in [4.69, 9.17) is 0 Å². The molecule has 0 bridgehead atoms. The van der Waals surface area contributed by atoms with Gasteiger partial charge in [-0.3, -0.25) is 9.78 Å². The van der Waals surface area contributed by atoms with Crippen molar-refractivity contribution >= 4 is 27.7 Å². The molecule has 0 aliphatic carbocycles. The van der Waals surface area contributed by atoms with E-state index in [1.807, 2.05) is 48.5 Å². The Morgan fingerprint density at radius 3 is 2.31 bits per heavy atom. The fraction of sp³-hybridized carbons (Fsp3) is 0.417. The minimum Gasteiger partial charge on any atom is -0.371 e. The van der Waals surface area contributed by atoms with E-state index in [9.17, 15) is 13.2 Å². The van der Waals surface area contributed by atoms with Crippen molar-refractivity contribution in [2.75, 3.05) is 44.2 Å². The highest BCUT2D eigenvalue weighted by molar-refractivity contribution is 7.89. The SMILES string of the molecule is C/C=C/c1ccc(S(=O)(=O)N2CCN(CC3CCN(c4ccncc4)CC3)C(=O)C2)cc1. The Labute approximate surface area is 190 Å². The second-order valence-corrected chi connectivity index (χ2v) is 10.3. The maximum atomic E-state index is 13.0. The van der Waals surface area contributed by atoms with Crippen LogP contribution in [0, 0.1) is 5.92 Å². The van der Waals surface area contributed by atoms with Crippen molar-refractivity contribution in [2.45, 2.75) is 24.7 Å². The molecule has 2 aliphatic rings. The van der Waals surface area contributed by atoms with Gasteiger partial charge in [0.25, 0.3) is 0 Å². The van der Waals surface area contributed by atoms with Gasteiger partial charge in [-0.15, -0.1) is 0 Å². The first kappa shape index (κ1) is 22.5. The second-order valence-electron chi connectivity index (χ2n) is 8.38. The highest BCUT2D eigenvalue weighted by atomic mass is 32.2. The first-order valence-corrected chi connectivity index (χ1v) is 12.6. The summed E-state index contributed by atoms with van der Waals surface area (Å²) in [5, 5.41) is 0. The molecule has 2 saturated heterocycles. The molecule has 7 nitrogen and oxygen atoms in total. The molecular formula is C24H30N4O3S. The third kappa shape index (κ3) is 5.02. The minimum atomic E-state index is -3.67. The standard InChI is InChI=1S/C24H30N4O3S/c1-2-3-20-4-6-23(7-5-20)32(30,31)28-17-16-27(24(29)19-28)18-21-10-14-26(15-11-21)22-8-12-25-13-9-22/h2-9,12-13,21H,10-11,14-19H2,1H3/b3-2+. The Morgan fingerprint density at radius 2 is 1.69 bits per heavy atom. The largest absolute Gasteiger partial charge is 0.371 e. The zero-order valence-corrected chi connectivity index (χ0v) is 19.2. The lowest BCUT2D eigenvalue weighted by Crippen LogP contribution is -2.53. The fourth-order valence-electron chi connectivity index (χ4n) is 4.42. The van der Waals surface area contributed by atoms with Crippen molar-refractivity contribution in [2.24, 2.45) is 5.92 Å². The summed E-state index contributed by atoms with van der Waals surface area (Å²) in [5.41, 5.74) is 2.13. The summed E-state index contributed by atoms with van der Waals surface area (Å²) in [5.74, 6) is 0.335. The molecule has 1 amide bonds. The number of rotatable bonds is 6. The number of anilines is 1. The molecule has 32 heavy (non-hydrogen) atoms. The topological polar surface area (TPSA) is 73.8 Å². The number of amides is 1. The normalized spacial score (nSPS) is 19.1. The molecule has 2 fully saturated rings. The first-order chi connectivity index (χ1) is 15.5. The van der Waals surface area contributed by atoms with Crippen LogP contribution in [0.3, 0.4) is 0 Å². The van der Waals surface area contributed by atoms with Gasteiger partial charge in [-0.1, -0.05) is 24.3 Å². The molecule has 4 rings (SSSR count). The van der Waals surface area contributed by atoms with Gasteiger partial charge in [0.15, 0.2) is 0 Å². The molecule has 0 unspecified atom stereocenters. The number of hydrogen-bond acceptors (Lipinski definition) is 5. The molecule has 2 aliphatic heterocycles. The van der Waals surface area contributed by atoms with Crippen molar-refractivity contribution in [3.05, 3.63) is 60.4 Å². The molecule has 2 aromatic rings. The Kier molecular flexibility index (Phi) is 6.91. The number of aromatic nitrogens is 1. The average molecular weight is 455 g/mol. The summed E-state index contributed by atoms with van der Waals surface area (Å²) < 4.78 is 27.3. The van der Waals surface area contributed by atoms with Crippen LogP contribution in [-0.4, -0.2) is 67.8 Å². The number of carbonyl (C=O) groups is 1. The van der Waals surface area contributed by atoms with E-state index < -0.39 is 10.0 Å². The van der Waals surface area contributed by atoms with Gasteiger partial charge in [0.05, 0.1) is 11.4 Å². The van der Waals surface area contributed by atoms with Gasteiger partial charge in [0.2, 0.25) is 15.9 Å². The van der Waals surface area contributed by atoms with E-state index in [-0.39, 0.29) is 17.3 Å². The fourth-order valence-corrected chi connectivity index (χ4v) is 5.80.